The van der Waals surface area contributed by atoms with E-state index < -0.39 is 31.6 Å². The van der Waals surface area contributed by atoms with Gasteiger partial charge in [-0.25, -0.2) is 4.79 Å². The van der Waals surface area contributed by atoms with Crippen molar-refractivity contribution in [3.8, 4) is 0 Å². The van der Waals surface area contributed by atoms with Gasteiger partial charge in [-0.1, -0.05) is 24.8 Å². The van der Waals surface area contributed by atoms with Crippen LogP contribution in [0.25, 0.3) is 0 Å². The summed E-state index contributed by atoms with van der Waals surface area (Å²) in [5.41, 5.74) is 0. The molecule has 1 N–H and O–H groups in total. The van der Waals surface area contributed by atoms with Crippen LogP contribution in [0.2, 0.25) is 0 Å². The Labute approximate surface area is 122 Å². The number of carbonyl (C=O) groups is 2. The van der Waals surface area contributed by atoms with Crippen LogP contribution in [0.15, 0.2) is 43.0 Å². The fourth-order valence-electron chi connectivity index (χ4n) is 1.62. The molecule has 1 rings (SSSR count). The fourth-order valence-corrected chi connectivity index (χ4v) is 3.30. The molecule has 7 heteroatoms. The van der Waals surface area contributed by atoms with Crippen LogP contribution in [0.3, 0.4) is 0 Å². The lowest BCUT2D eigenvalue weighted by molar-refractivity contribution is -0.157. The first-order chi connectivity index (χ1) is 9.91. The van der Waals surface area contributed by atoms with E-state index in [1.807, 2.05) is 0 Å². The van der Waals surface area contributed by atoms with E-state index in [0.29, 0.717) is 0 Å². The zero-order chi connectivity index (χ0) is 15.9. The van der Waals surface area contributed by atoms with Crippen LogP contribution in [0, 0.1) is 0 Å². The molecular formula is C14H17O6P. The summed E-state index contributed by atoms with van der Waals surface area (Å²) in [5.74, 6) is -3.12. The molecule has 0 aromatic heterocycles. The van der Waals surface area contributed by atoms with Crippen LogP contribution < -0.4 is 5.30 Å². The highest BCUT2D eigenvalue weighted by atomic mass is 31.2. The topological polar surface area (TPSA) is 89.9 Å². The van der Waals surface area contributed by atoms with E-state index in [-0.39, 0.29) is 11.9 Å². The van der Waals surface area contributed by atoms with Gasteiger partial charge in [0.15, 0.2) is 0 Å². The van der Waals surface area contributed by atoms with Gasteiger partial charge in [-0.15, -0.1) is 0 Å². The summed E-state index contributed by atoms with van der Waals surface area (Å²) in [6.07, 6.45) is 0.333. The second-order valence-electron chi connectivity index (χ2n) is 4.07. The molecule has 0 saturated carbocycles. The molecule has 0 bridgehead atoms. The predicted molar refractivity (Wildman–Crippen MR) is 77.2 cm³/mol. The predicted octanol–water partition coefficient (Wildman–Crippen LogP) is 1.59. The third-order valence-electron chi connectivity index (χ3n) is 2.60. The zero-order valence-electron chi connectivity index (χ0n) is 11.6. The van der Waals surface area contributed by atoms with Crippen molar-refractivity contribution in [3.05, 3.63) is 43.0 Å². The monoisotopic (exact) mass is 312 g/mol. The molecule has 1 aromatic carbocycles. The van der Waals surface area contributed by atoms with Crippen LogP contribution in [0.4, 0.5) is 0 Å². The quantitative estimate of drug-likeness (QED) is 0.356. The smallest absolute Gasteiger partial charge is 0.337 e. The van der Waals surface area contributed by atoms with Crippen molar-refractivity contribution < 1.29 is 28.5 Å². The molecule has 114 valence electrons. The van der Waals surface area contributed by atoms with E-state index in [1.54, 1.807) is 25.1 Å². The Hall–Kier alpha value is -1.75. The minimum absolute atomic E-state index is 0.144. The minimum Gasteiger partial charge on any atom is -0.390 e. The summed E-state index contributed by atoms with van der Waals surface area (Å²) < 4.78 is 22.1. The lowest BCUT2D eigenvalue weighted by Gasteiger charge is -2.22. The molecule has 0 spiro atoms. The number of hydrogen-bond donors (Lipinski definition) is 1. The van der Waals surface area contributed by atoms with Gasteiger partial charge in [0.25, 0.3) is 7.37 Å². The van der Waals surface area contributed by atoms with Gasteiger partial charge >= 0.3 is 11.9 Å². The highest BCUT2D eigenvalue weighted by Crippen LogP contribution is 2.47. The Morgan fingerprint density at radius 1 is 1.38 bits per heavy atom. The number of ether oxygens (including phenoxy) is 2. The Morgan fingerprint density at radius 3 is 2.52 bits per heavy atom. The molecule has 0 aliphatic carbocycles. The third-order valence-corrected chi connectivity index (χ3v) is 4.75. The second-order valence-corrected chi connectivity index (χ2v) is 6.41. The van der Waals surface area contributed by atoms with Crippen LogP contribution in [-0.4, -0.2) is 29.3 Å². The van der Waals surface area contributed by atoms with E-state index in [1.165, 1.54) is 12.1 Å². The van der Waals surface area contributed by atoms with Gasteiger partial charge in [0.1, 0.15) is 5.85 Å². The summed E-state index contributed by atoms with van der Waals surface area (Å²) in [7, 11) is -3.94. The van der Waals surface area contributed by atoms with Crippen molar-refractivity contribution in [1.29, 1.82) is 0 Å². The van der Waals surface area contributed by atoms with E-state index in [2.05, 4.69) is 11.3 Å². The van der Waals surface area contributed by atoms with Crippen molar-refractivity contribution in [2.75, 3.05) is 6.61 Å². The standard InChI is InChI=1S/C14H17O6P/c1-3-12(15)20-13(16)10-14(19-4-2)21(17,18)11-8-6-5-7-9-11/h3,5-9,14H,1,4,10H2,2H3,(H,17,18). The van der Waals surface area contributed by atoms with Crippen LogP contribution >= 0.6 is 7.37 Å². The Kier molecular flexibility index (Phi) is 6.49. The number of hydrogen-bond acceptors (Lipinski definition) is 5. The molecule has 21 heavy (non-hydrogen) atoms. The van der Waals surface area contributed by atoms with Crippen molar-refractivity contribution in [2.45, 2.75) is 19.2 Å². The maximum atomic E-state index is 12.5. The zero-order valence-corrected chi connectivity index (χ0v) is 12.5. The SMILES string of the molecule is C=CC(=O)OC(=O)CC(OCC)P(=O)(O)c1ccccc1. The first kappa shape index (κ1) is 17.3. The molecule has 0 radical (unpaired) electrons. The molecule has 6 nitrogen and oxygen atoms in total. The van der Waals surface area contributed by atoms with Gasteiger partial charge in [0.2, 0.25) is 0 Å². The van der Waals surface area contributed by atoms with Gasteiger partial charge in [-0.3, -0.25) is 9.36 Å². The van der Waals surface area contributed by atoms with Crippen molar-refractivity contribution >= 4 is 24.6 Å². The maximum absolute atomic E-state index is 12.5. The van der Waals surface area contributed by atoms with Gasteiger partial charge in [-0.2, -0.15) is 0 Å². The molecule has 0 aliphatic rings. The Morgan fingerprint density at radius 2 is 2.00 bits per heavy atom. The number of carbonyl (C=O) groups excluding carboxylic acids is 2. The van der Waals surface area contributed by atoms with Crippen molar-refractivity contribution in [3.63, 3.8) is 0 Å². The minimum atomic E-state index is -3.94. The molecule has 1 aromatic rings. The molecule has 0 fully saturated rings. The molecule has 2 atom stereocenters. The van der Waals surface area contributed by atoms with Gasteiger partial charge < -0.3 is 14.4 Å². The first-order valence-corrected chi connectivity index (χ1v) is 8.01. The molecule has 0 saturated heterocycles. The average Bonchev–Trinajstić information content (AvgIpc) is 2.47. The van der Waals surface area contributed by atoms with Crippen molar-refractivity contribution in [1.82, 2.24) is 0 Å². The molecular weight excluding hydrogens is 295 g/mol. The van der Waals surface area contributed by atoms with Crippen molar-refractivity contribution in [2.24, 2.45) is 0 Å². The number of benzene rings is 1. The molecule has 0 amide bonds. The van der Waals surface area contributed by atoms with E-state index in [0.717, 1.165) is 6.08 Å². The summed E-state index contributed by atoms with van der Waals surface area (Å²) in [6, 6.07) is 7.89. The normalized spacial score (nSPS) is 14.8. The Bertz CT molecular complexity index is 554. The highest BCUT2D eigenvalue weighted by Gasteiger charge is 2.36. The van der Waals surface area contributed by atoms with E-state index in [4.69, 9.17) is 4.74 Å². The average molecular weight is 312 g/mol. The highest BCUT2D eigenvalue weighted by molar-refractivity contribution is 7.66. The first-order valence-electron chi connectivity index (χ1n) is 6.28. The summed E-state index contributed by atoms with van der Waals surface area (Å²) >= 11 is 0. The van der Waals surface area contributed by atoms with Gasteiger partial charge in [-0.05, 0) is 19.1 Å². The van der Waals surface area contributed by atoms with Crippen LogP contribution in [0.1, 0.15) is 13.3 Å². The second kappa shape index (κ2) is 7.88. The van der Waals surface area contributed by atoms with E-state index in [9.17, 15) is 19.0 Å². The summed E-state index contributed by atoms with van der Waals surface area (Å²) in [6.45, 7) is 4.94. The Balaban J connectivity index is 2.90. The number of rotatable bonds is 7. The van der Waals surface area contributed by atoms with Gasteiger partial charge in [0.05, 0.1) is 6.42 Å². The van der Waals surface area contributed by atoms with Gasteiger partial charge in [0, 0.05) is 18.0 Å². The van der Waals surface area contributed by atoms with Crippen LogP contribution in [0.5, 0.6) is 0 Å². The summed E-state index contributed by atoms with van der Waals surface area (Å²) in [5, 5.41) is 0.172. The lowest BCUT2D eigenvalue weighted by atomic mass is 10.4. The fraction of sp³-hybridized carbons (Fsp3) is 0.286. The molecule has 0 heterocycles. The third kappa shape index (κ3) is 4.93. The van der Waals surface area contributed by atoms with Crippen LogP contribution in [-0.2, 0) is 23.6 Å². The number of esters is 2. The molecule has 0 aliphatic heterocycles. The maximum Gasteiger partial charge on any atom is 0.337 e. The lowest BCUT2D eigenvalue weighted by Crippen LogP contribution is -2.25. The molecule has 2 unspecified atom stereocenters. The summed E-state index contributed by atoms with van der Waals surface area (Å²) in [4.78, 5) is 32.8. The largest absolute Gasteiger partial charge is 0.390 e. The van der Waals surface area contributed by atoms with E-state index >= 15 is 0 Å².